The Bertz CT molecular complexity index is 431. The van der Waals surface area contributed by atoms with Crippen molar-refractivity contribution in [2.75, 3.05) is 18.9 Å². The topological polar surface area (TPSA) is 122 Å². The Hall–Kier alpha value is -1.48. The number of carboxylic acids is 1. The van der Waals surface area contributed by atoms with Crippen molar-refractivity contribution in [1.82, 2.24) is 10.2 Å². The molecule has 0 aromatic carbocycles. The van der Waals surface area contributed by atoms with Crippen molar-refractivity contribution >= 4 is 29.7 Å². The molecule has 2 aliphatic heterocycles. The molecule has 19 heavy (non-hydrogen) atoms. The number of amides is 2. The summed E-state index contributed by atoms with van der Waals surface area (Å²) < 4.78 is 4.70. The van der Waals surface area contributed by atoms with Gasteiger partial charge in [-0.05, 0) is 6.92 Å². The number of β-lactam (4-membered cyclic amide) rings is 1. The maximum atomic E-state index is 11.6. The molecule has 8 nitrogen and oxygen atoms in total. The van der Waals surface area contributed by atoms with E-state index in [0.29, 0.717) is 0 Å². The van der Waals surface area contributed by atoms with E-state index in [-0.39, 0.29) is 30.2 Å². The first-order valence-electron chi connectivity index (χ1n) is 5.77. The number of hydrogen-bond donors (Lipinski definition) is 3. The van der Waals surface area contributed by atoms with E-state index in [1.54, 1.807) is 6.92 Å². The molecule has 0 saturated carbocycles. The third-order valence-electron chi connectivity index (χ3n) is 3.15. The van der Waals surface area contributed by atoms with Gasteiger partial charge in [-0.1, -0.05) is 0 Å². The molecule has 0 aromatic rings. The summed E-state index contributed by atoms with van der Waals surface area (Å²) in [6.45, 7) is 1.67. The molecule has 2 fully saturated rings. The Labute approximate surface area is 113 Å². The molecular formula is C10H15N3O5S. The van der Waals surface area contributed by atoms with Crippen LogP contribution in [-0.2, 0) is 14.3 Å². The fourth-order valence-electron chi connectivity index (χ4n) is 2.10. The summed E-state index contributed by atoms with van der Waals surface area (Å²) in [6, 6.07) is -0.584. The minimum Gasteiger partial charge on any atom is -0.479 e. The number of hydrogen-bond acceptors (Lipinski definition) is 6. The summed E-state index contributed by atoms with van der Waals surface area (Å²) >= 11 is 1.25. The number of carbonyl (C=O) groups excluding carboxylic acids is 2. The smallest absolute Gasteiger partial charge is 0.408 e. The molecular weight excluding hydrogens is 274 g/mol. The lowest BCUT2D eigenvalue weighted by Gasteiger charge is -2.52. The maximum Gasteiger partial charge on any atom is 0.408 e. The van der Waals surface area contributed by atoms with Crippen LogP contribution in [0.1, 0.15) is 6.92 Å². The summed E-state index contributed by atoms with van der Waals surface area (Å²) in [5.41, 5.74) is 4.09. The molecule has 3 atom stereocenters. The van der Waals surface area contributed by atoms with Crippen molar-refractivity contribution in [1.29, 1.82) is 0 Å². The molecule has 4 N–H and O–H groups in total. The van der Waals surface area contributed by atoms with E-state index >= 15 is 0 Å². The minimum absolute atomic E-state index is 0.0919. The van der Waals surface area contributed by atoms with Gasteiger partial charge in [-0.3, -0.25) is 4.79 Å². The van der Waals surface area contributed by atoms with Crippen LogP contribution in [0.3, 0.4) is 0 Å². The van der Waals surface area contributed by atoms with Crippen molar-refractivity contribution in [2.24, 2.45) is 5.73 Å². The normalized spacial score (nSPS) is 33.2. The van der Waals surface area contributed by atoms with Gasteiger partial charge in [0, 0.05) is 5.75 Å². The first kappa shape index (κ1) is 13.9. The number of carbonyl (C=O) groups is 3. The second-order valence-corrected chi connectivity index (χ2v) is 5.53. The SMILES string of the molecule is CCOC(=O)NC1(C(=O)O)CS[C@@H]2C(N)C(=O)N2C1. The lowest BCUT2D eigenvalue weighted by Crippen LogP contribution is -2.76. The Morgan fingerprint density at radius 3 is 2.95 bits per heavy atom. The van der Waals surface area contributed by atoms with Gasteiger partial charge in [0.2, 0.25) is 5.91 Å². The number of fused-ring (bicyclic) bond motifs is 1. The van der Waals surface area contributed by atoms with Crippen LogP contribution in [0.5, 0.6) is 0 Å². The molecule has 9 heteroatoms. The van der Waals surface area contributed by atoms with Crippen molar-refractivity contribution < 1.29 is 24.2 Å². The Morgan fingerprint density at radius 1 is 1.68 bits per heavy atom. The molecule has 0 bridgehead atoms. The molecule has 2 heterocycles. The van der Waals surface area contributed by atoms with Crippen LogP contribution in [-0.4, -0.2) is 63.8 Å². The van der Waals surface area contributed by atoms with Crippen LogP contribution in [0.25, 0.3) is 0 Å². The quantitative estimate of drug-likeness (QED) is 0.558. The van der Waals surface area contributed by atoms with E-state index in [9.17, 15) is 19.5 Å². The number of rotatable bonds is 3. The predicted octanol–water partition coefficient (Wildman–Crippen LogP) is -1.20. The van der Waals surface area contributed by atoms with Gasteiger partial charge in [-0.15, -0.1) is 11.8 Å². The summed E-state index contributed by atoms with van der Waals surface area (Å²) in [4.78, 5) is 35.8. The number of ether oxygens (including phenoxy) is 1. The van der Waals surface area contributed by atoms with Gasteiger partial charge in [0.15, 0.2) is 5.54 Å². The third-order valence-corrected chi connectivity index (χ3v) is 4.70. The molecule has 2 amide bonds. The van der Waals surface area contributed by atoms with E-state index < -0.39 is 23.6 Å². The zero-order chi connectivity index (χ0) is 14.2. The van der Waals surface area contributed by atoms with Crippen LogP contribution in [0.2, 0.25) is 0 Å². The molecule has 2 aliphatic rings. The molecule has 106 valence electrons. The zero-order valence-electron chi connectivity index (χ0n) is 10.3. The van der Waals surface area contributed by atoms with E-state index in [2.05, 4.69) is 5.32 Å². The first-order chi connectivity index (χ1) is 8.91. The molecule has 0 radical (unpaired) electrons. The summed E-state index contributed by atoms with van der Waals surface area (Å²) in [6.07, 6.45) is -0.804. The van der Waals surface area contributed by atoms with Crippen LogP contribution in [0.4, 0.5) is 4.79 Å². The molecule has 0 aromatic heterocycles. The van der Waals surface area contributed by atoms with Crippen molar-refractivity contribution in [2.45, 2.75) is 23.9 Å². The van der Waals surface area contributed by atoms with Crippen LogP contribution in [0.15, 0.2) is 0 Å². The van der Waals surface area contributed by atoms with E-state index in [1.165, 1.54) is 16.7 Å². The van der Waals surface area contributed by atoms with Crippen LogP contribution >= 0.6 is 11.8 Å². The number of alkyl carbamates (subject to hydrolysis) is 1. The standard InChI is InChI=1S/C10H15N3O5S/c1-2-18-9(17)12-10(8(15)16)3-13-6(14)5(11)7(13)19-4-10/h5,7H,2-4,11H2,1H3,(H,12,17)(H,15,16)/t5?,7-,10?/m1/s1. The molecule has 0 spiro atoms. The Morgan fingerprint density at radius 2 is 2.37 bits per heavy atom. The van der Waals surface area contributed by atoms with E-state index in [4.69, 9.17) is 10.5 Å². The van der Waals surface area contributed by atoms with Gasteiger partial charge >= 0.3 is 12.1 Å². The Balaban J connectivity index is 2.11. The summed E-state index contributed by atoms with van der Waals surface area (Å²) in [5, 5.41) is 11.5. The second-order valence-electron chi connectivity index (χ2n) is 4.43. The maximum absolute atomic E-state index is 11.6. The molecule has 2 rings (SSSR count). The van der Waals surface area contributed by atoms with Crippen molar-refractivity contribution in [3.05, 3.63) is 0 Å². The fourth-order valence-corrected chi connectivity index (χ4v) is 3.52. The number of nitrogens with zero attached hydrogens (tertiary/aromatic N) is 1. The number of carboxylic acid groups (broad SMARTS) is 1. The highest BCUT2D eigenvalue weighted by Crippen LogP contribution is 2.37. The number of nitrogens with one attached hydrogen (secondary N) is 1. The second kappa shape index (κ2) is 4.89. The number of aliphatic carboxylic acids is 1. The van der Waals surface area contributed by atoms with Gasteiger partial charge in [0.1, 0.15) is 11.4 Å². The van der Waals surface area contributed by atoms with E-state index in [1.807, 2.05) is 0 Å². The average Bonchev–Trinajstić information content (AvgIpc) is 2.37. The van der Waals surface area contributed by atoms with Gasteiger partial charge < -0.3 is 25.8 Å². The largest absolute Gasteiger partial charge is 0.479 e. The van der Waals surface area contributed by atoms with Crippen molar-refractivity contribution in [3.63, 3.8) is 0 Å². The zero-order valence-corrected chi connectivity index (χ0v) is 11.1. The lowest BCUT2D eigenvalue weighted by atomic mass is 9.97. The monoisotopic (exact) mass is 289 g/mol. The van der Waals surface area contributed by atoms with E-state index in [0.717, 1.165) is 0 Å². The average molecular weight is 289 g/mol. The third kappa shape index (κ3) is 2.23. The van der Waals surface area contributed by atoms with Crippen LogP contribution < -0.4 is 11.1 Å². The van der Waals surface area contributed by atoms with Gasteiger partial charge in [0.05, 0.1) is 13.2 Å². The molecule has 2 saturated heterocycles. The predicted molar refractivity (Wildman–Crippen MR) is 66.5 cm³/mol. The summed E-state index contributed by atoms with van der Waals surface area (Å²) in [7, 11) is 0. The van der Waals surface area contributed by atoms with Gasteiger partial charge in [-0.25, -0.2) is 9.59 Å². The van der Waals surface area contributed by atoms with Gasteiger partial charge in [-0.2, -0.15) is 0 Å². The highest BCUT2D eigenvalue weighted by molar-refractivity contribution is 8.00. The number of thioether (sulfide) groups is 1. The van der Waals surface area contributed by atoms with Crippen molar-refractivity contribution in [3.8, 4) is 0 Å². The highest BCUT2D eigenvalue weighted by Gasteiger charge is 2.56. The molecule has 0 aliphatic carbocycles. The lowest BCUT2D eigenvalue weighted by molar-refractivity contribution is -0.152. The van der Waals surface area contributed by atoms with Gasteiger partial charge in [0.25, 0.3) is 0 Å². The molecule has 2 unspecified atom stereocenters. The highest BCUT2D eigenvalue weighted by atomic mass is 32.2. The number of nitrogens with two attached hydrogens (primary N) is 1. The Kier molecular flexibility index (Phi) is 3.59. The minimum atomic E-state index is -1.52. The fraction of sp³-hybridized carbons (Fsp3) is 0.700. The first-order valence-corrected chi connectivity index (χ1v) is 6.82. The van der Waals surface area contributed by atoms with Crippen LogP contribution in [0, 0.1) is 0 Å². The summed E-state index contributed by atoms with van der Waals surface area (Å²) in [5.74, 6) is -1.35.